The van der Waals surface area contributed by atoms with E-state index in [1.54, 1.807) is 30.5 Å². The van der Waals surface area contributed by atoms with E-state index in [-0.39, 0.29) is 12.5 Å². The topological polar surface area (TPSA) is 83.8 Å². The van der Waals surface area contributed by atoms with Crippen molar-refractivity contribution in [2.45, 2.75) is 27.3 Å². The van der Waals surface area contributed by atoms with Gasteiger partial charge in [0.15, 0.2) is 0 Å². The predicted octanol–water partition coefficient (Wildman–Crippen LogP) is 5.13. The maximum atomic E-state index is 12.7. The average molecular weight is 515 g/mol. The van der Waals surface area contributed by atoms with E-state index in [0.717, 1.165) is 28.2 Å². The molecule has 0 aliphatic heterocycles. The fourth-order valence-corrected chi connectivity index (χ4v) is 5.12. The van der Waals surface area contributed by atoms with Crippen LogP contribution in [0.25, 0.3) is 5.69 Å². The van der Waals surface area contributed by atoms with E-state index >= 15 is 0 Å². The fourth-order valence-electron chi connectivity index (χ4n) is 4.24. The molecule has 1 heterocycles. The molecule has 0 bridgehead atoms. The molecule has 7 nitrogen and oxygen atoms in total. The SMILES string of the molecule is Cc1cccc(-n2c(C)cc(/C=N/NC(=O)c3ccc(N(Cc4ccccc4)S(C)(=O)=O)cc3)c2C)c1. The molecule has 37 heavy (non-hydrogen) atoms. The summed E-state index contributed by atoms with van der Waals surface area (Å²) in [7, 11) is -3.52. The lowest BCUT2D eigenvalue weighted by Gasteiger charge is -2.22. The van der Waals surface area contributed by atoms with Crippen molar-refractivity contribution in [1.82, 2.24) is 9.99 Å². The van der Waals surface area contributed by atoms with Gasteiger partial charge in [-0.05, 0) is 74.4 Å². The molecule has 4 rings (SSSR count). The summed E-state index contributed by atoms with van der Waals surface area (Å²) < 4.78 is 28.3. The number of nitrogens with one attached hydrogen (secondary N) is 1. The molecule has 190 valence electrons. The van der Waals surface area contributed by atoms with Crippen LogP contribution in [0.5, 0.6) is 0 Å². The zero-order valence-electron chi connectivity index (χ0n) is 21.3. The number of nitrogens with zero attached hydrogens (tertiary/aromatic N) is 3. The highest BCUT2D eigenvalue weighted by molar-refractivity contribution is 7.92. The minimum Gasteiger partial charge on any atom is -0.318 e. The normalized spacial score (nSPS) is 11.6. The molecule has 1 N–H and O–H groups in total. The van der Waals surface area contributed by atoms with Crippen LogP contribution in [0.3, 0.4) is 0 Å². The largest absolute Gasteiger partial charge is 0.318 e. The summed E-state index contributed by atoms with van der Waals surface area (Å²) in [6.45, 7) is 6.31. The molecule has 3 aromatic carbocycles. The maximum absolute atomic E-state index is 12.7. The summed E-state index contributed by atoms with van der Waals surface area (Å²) >= 11 is 0. The monoisotopic (exact) mass is 514 g/mol. The number of benzene rings is 3. The fraction of sp³-hybridized carbons (Fsp3) is 0.172. The van der Waals surface area contributed by atoms with Crippen LogP contribution in [-0.4, -0.2) is 31.4 Å². The van der Waals surface area contributed by atoms with Crippen LogP contribution in [-0.2, 0) is 16.6 Å². The summed E-state index contributed by atoms with van der Waals surface area (Å²) in [5.41, 5.74) is 9.53. The summed E-state index contributed by atoms with van der Waals surface area (Å²) in [5, 5.41) is 4.15. The molecule has 1 amide bonds. The molecule has 8 heteroatoms. The Balaban J connectivity index is 1.46. The van der Waals surface area contributed by atoms with E-state index in [1.807, 2.05) is 56.3 Å². The van der Waals surface area contributed by atoms with E-state index in [0.29, 0.717) is 11.3 Å². The molecular weight excluding hydrogens is 484 g/mol. The number of hydrogen-bond acceptors (Lipinski definition) is 4. The van der Waals surface area contributed by atoms with Gasteiger partial charge >= 0.3 is 0 Å². The number of aromatic nitrogens is 1. The van der Waals surface area contributed by atoms with Gasteiger partial charge in [0.25, 0.3) is 5.91 Å². The maximum Gasteiger partial charge on any atom is 0.271 e. The Morgan fingerprint density at radius 1 is 0.946 bits per heavy atom. The Morgan fingerprint density at radius 3 is 2.30 bits per heavy atom. The standard InChI is InChI=1S/C29H30N4O3S/c1-21-9-8-12-28(17-21)33-22(2)18-26(23(33)3)19-30-31-29(34)25-13-15-27(16-14-25)32(37(4,35)36)20-24-10-6-5-7-11-24/h5-19H,20H2,1-4H3,(H,31,34)/b30-19+. The van der Waals surface area contributed by atoms with Crippen molar-refractivity contribution in [3.8, 4) is 5.69 Å². The molecule has 1 aromatic heterocycles. The number of rotatable bonds is 8. The van der Waals surface area contributed by atoms with Crippen LogP contribution in [0.2, 0.25) is 0 Å². The Kier molecular flexibility index (Phi) is 7.59. The zero-order chi connectivity index (χ0) is 26.6. The van der Waals surface area contributed by atoms with Gasteiger partial charge in [-0.25, -0.2) is 13.8 Å². The van der Waals surface area contributed by atoms with Gasteiger partial charge in [0.1, 0.15) is 0 Å². The van der Waals surface area contributed by atoms with Gasteiger partial charge in [-0.15, -0.1) is 0 Å². The number of carbonyl (C=O) groups excluding carboxylic acids is 1. The van der Waals surface area contributed by atoms with Crippen molar-refractivity contribution in [3.05, 3.63) is 119 Å². The third-order valence-electron chi connectivity index (χ3n) is 6.09. The molecule has 0 aliphatic carbocycles. The van der Waals surface area contributed by atoms with Gasteiger partial charge in [0, 0.05) is 28.2 Å². The van der Waals surface area contributed by atoms with Crippen molar-refractivity contribution in [3.63, 3.8) is 0 Å². The van der Waals surface area contributed by atoms with Crippen molar-refractivity contribution in [2.75, 3.05) is 10.6 Å². The van der Waals surface area contributed by atoms with Crippen molar-refractivity contribution in [2.24, 2.45) is 5.10 Å². The molecule has 0 saturated carbocycles. The van der Waals surface area contributed by atoms with Gasteiger partial charge in [-0.1, -0.05) is 42.5 Å². The number of hydrazone groups is 1. The van der Waals surface area contributed by atoms with Crippen LogP contribution in [0.1, 0.15) is 38.4 Å². The summed E-state index contributed by atoms with van der Waals surface area (Å²) in [4.78, 5) is 12.7. The first kappa shape index (κ1) is 25.9. The summed E-state index contributed by atoms with van der Waals surface area (Å²) in [6.07, 6.45) is 2.80. The number of aryl methyl sites for hydroxylation is 2. The van der Waals surface area contributed by atoms with E-state index < -0.39 is 10.0 Å². The highest BCUT2D eigenvalue weighted by Gasteiger charge is 2.18. The van der Waals surface area contributed by atoms with E-state index in [1.165, 1.54) is 16.1 Å². The van der Waals surface area contributed by atoms with E-state index in [9.17, 15) is 13.2 Å². The first-order valence-corrected chi connectivity index (χ1v) is 13.7. The van der Waals surface area contributed by atoms with E-state index in [2.05, 4.69) is 40.2 Å². The Hall–Kier alpha value is -4.17. The molecule has 0 atom stereocenters. The average Bonchev–Trinajstić information content (AvgIpc) is 3.15. The van der Waals surface area contributed by atoms with Crippen LogP contribution < -0.4 is 9.73 Å². The molecule has 0 radical (unpaired) electrons. The second kappa shape index (κ2) is 10.8. The number of sulfonamides is 1. The first-order valence-electron chi connectivity index (χ1n) is 11.8. The Labute approximate surface area is 218 Å². The summed E-state index contributed by atoms with van der Waals surface area (Å²) in [5.74, 6) is -0.385. The molecule has 4 aromatic rings. The van der Waals surface area contributed by atoms with Crippen LogP contribution in [0.4, 0.5) is 5.69 Å². The lowest BCUT2D eigenvalue weighted by atomic mass is 10.2. The lowest BCUT2D eigenvalue weighted by Crippen LogP contribution is -2.29. The lowest BCUT2D eigenvalue weighted by molar-refractivity contribution is 0.0955. The quantitative estimate of drug-likeness (QED) is 0.261. The smallest absolute Gasteiger partial charge is 0.271 e. The molecule has 0 saturated heterocycles. The minimum absolute atomic E-state index is 0.205. The zero-order valence-corrected chi connectivity index (χ0v) is 22.2. The van der Waals surface area contributed by atoms with Gasteiger partial charge < -0.3 is 4.57 Å². The number of hydrogen-bond donors (Lipinski definition) is 1. The third kappa shape index (κ3) is 6.16. The van der Waals surface area contributed by atoms with Gasteiger partial charge in [-0.3, -0.25) is 9.10 Å². The van der Waals surface area contributed by atoms with E-state index in [4.69, 9.17) is 0 Å². The van der Waals surface area contributed by atoms with Gasteiger partial charge in [0.2, 0.25) is 10.0 Å². The first-order chi connectivity index (χ1) is 17.6. The number of amides is 1. The van der Waals surface area contributed by atoms with Gasteiger partial charge in [-0.2, -0.15) is 5.10 Å². The predicted molar refractivity (Wildman–Crippen MR) is 149 cm³/mol. The highest BCUT2D eigenvalue weighted by Crippen LogP contribution is 2.22. The molecule has 0 fully saturated rings. The van der Waals surface area contributed by atoms with Crippen molar-refractivity contribution in [1.29, 1.82) is 0 Å². The highest BCUT2D eigenvalue weighted by atomic mass is 32.2. The van der Waals surface area contributed by atoms with Crippen LogP contribution in [0.15, 0.2) is 90.0 Å². The molecule has 0 spiro atoms. The minimum atomic E-state index is -3.52. The molecule has 0 unspecified atom stereocenters. The number of anilines is 1. The third-order valence-corrected chi connectivity index (χ3v) is 7.23. The molecule has 0 aliphatic rings. The Morgan fingerprint density at radius 2 is 1.65 bits per heavy atom. The second-order valence-corrected chi connectivity index (χ2v) is 10.9. The molecular formula is C29H30N4O3S. The summed E-state index contributed by atoms with van der Waals surface area (Å²) in [6, 6.07) is 26.1. The van der Waals surface area contributed by atoms with Gasteiger partial charge in [0.05, 0.1) is 24.7 Å². The second-order valence-electron chi connectivity index (χ2n) is 9.00. The van der Waals surface area contributed by atoms with Crippen molar-refractivity contribution < 1.29 is 13.2 Å². The van der Waals surface area contributed by atoms with Crippen molar-refractivity contribution >= 4 is 27.8 Å². The van der Waals surface area contributed by atoms with Crippen LogP contribution in [0, 0.1) is 20.8 Å². The number of carbonyl (C=O) groups is 1. The Bertz CT molecular complexity index is 1540. The van der Waals surface area contributed by atoms with Crippen LogP contribution >= 0.6 is 0 Å².